The Morgan fingerprint density at radius 1 is 0.889 bits per heavy atom. The lowest BCUT2D eigenvalue weighted by atomic mass is 9.96. The van der Waals surface area contributed by atoms with Crippen LogP contribution in [0.2, 0.25) is 0 Å². The minimum absolute atomic E-state index is 1.10. The molecule has 1 heteroatoms. The van der Waals surface area contributed by atoms with Gasteiger partial charge in [-0.25, -0.2) is 0 Å². The molecule has 0 spiro atoms. The van der Waals surface area contributed by atoms with E-state index in [0.29, 0.717) is 0 Å². The highest BCUT2D eigenvalue weighted by atomic mass is 14.8. The summed E-state index contributed by atoms with van der Waals surface area (Å²) in [6.07, 6.45) is 7.54. The van der Waals surface area contributed by atoms with E-state index in [2.05, 4.69) is 44.3 Å². The molecule has 1 aromatic carbocycles. The van der Waals surface area contributed by atoms with E-state index in [1.54, 1.807) is 11.1 Å². The standard InChI is InChI=1S/C17H29N/c1-4-15-11-12-16(5-2)17(14-15)10-8-7-9-13-18-6-3/h11-12,14,18H,4-10,13H2,1-3H3. The Hall–Kier alpha value is -0.820. The van der Waals surface area contributed by atoms with Crippen LogP contribution < -0.4 is 5.32 Å². The Balaban J connectivity index is 2.39. The van der Waals surface area contributed by atoms with Crippen LogP contribution in [-0.4, -0.2) is 13.1 Å². The van der Waals surface area contributed by atoms with E-state index in [4.69, 9.17) is 0 Å². The largest absolute Gasteiger partial charge is 0.317 e. The first kappa shape index (κ1) is 15.2. The lowest BCUT2D eigenvalue weighted by Crippen LogP contribution is -2.13. The van der Waals surface area contributed by atoms with Crippen molar-refractivity contribution in [1.29, 1.82) is 0 Å². The van der Waals surface area contributed by atoms with Gasteiger partial charge in [0, 0.05) is 0 Å². The van der Waals surface area contributed by atoms with Crippen molar-refractivity contribution in [1.82, 2.24) is 5.32 Å². The number of unbranched alkanes of at least 4 members (excludes halogenated alkanes) is 2. The van der Waals surface area contributed by atoms with Gasteiger partial charge in [0.05, 0.1) is 0 Å². The summed E-state index contributed by atoms with van der Waals surface area (Å²) < 4.78 is 0. The second-order valence-corrected chi connectivity index (χ2v) is 4.97. The minimum atomic E-state index is 1.10. The number of aryl methyl sites for hydroxylation is 3. The zero-order valence-electron chi connectivity index (χ0n) is 12.4. The summed E-state index contributed by atoms with van der Waals surface area (Å²) >= 11 is 0. The third-order valence-corrected chi connectivity index (χ3v) is 3.61. The van der Waals surface area contributed by atoms with Crippen molar-refractivity contribution in [2.24, 2.45) is 0 Å². The van der Waals surface area contributed by atoms with Crippen LogP contribution in [0.4, 0.5) is 0 Å². The predicted molar refractivity (Wildman–Crippen MR) is 81.3 cm³/mol. The first-order valence-electron chi connectivity index (χ1n) is 7.63. The number of rotatable bonds is 9. The molecule has 1 nitrogen and oxygen atoms in total. The fraction of sp³-hybridized carbons (Fsp3) is 0.647. The average molecular weight is 247 g/mol. The van der Waals surface area contributed by atoms with Crippen LogP contribution in [0.3, 0.4) is 0 Å². The third-order valence-electron chi connectivity index (χ3n) is 3.61. The number of benzene rings is 1. The smallest absolute Gasteiger partial charge is 0.00490 e. The fourth-order valence-electron chi connectivity index (χ4n) is 2.40. The Morgan fingerprint density at radius 2 is 1.72 bits per heavy atom. The van der Waals surface area contributed by atoms with Gasteiger partial charge in [0.2, 0.25) is 0 Å². The fourth-order valence-corrected chi connectivity index (χ4v) is 2.40. The van der Waals surface area contributed by atoms with Crippen molar-refractivity contribution in [3.05, 3.63) is 34.9 Å². The van der Waals surface area contributed by atoms with Crippen LogP contribution in [0.5, 0.6) is 0 Å². The molecule has 0 radical (unpaired) electrons. The van der Waals surface area contributed by atoms with Gasteiger partial charge in [-0.1, -0.05) is 45.4 Å². The quantitative estimate of drug-likeness (QED) is 0.647. The third kappa shape index (κ3) is 5.22. The van der Waals surface area contributed by atoms with E-state index in [1.165, 1.54) is 37.8 Å². The van der Waals surface area contributed by atoms with Gasteiger partial charge in [0.1, 0.15) is 0 Å². The molecular weight excluding hydrogens is 218 g/mol. The SMILES string of the molecule is CCNCCCCCc1cc(CC)ccc1CC. The zero-order valence-corrected chi connectivity index (χ0v) is 12.4. The van der Waals surface area contributed by atoms with E-state index < -0.39 is 0 Å². The van der Waals surface area contributed by atoms with Gasteiger partial charge in [0.25, 0.3) is 0 Å². The summed E-state index contributed by atoms with van der Waals surface area (Å²) in [4.78, 5) is 0. The summed E-state index contributed by atoms with van der Waals surface area (Å²) in [6.45, 7) is 8.94. The van der Waals surface area contributed by atoms with Gasteiger partial charge < -0.3 is 5.32 Å². The van der Waals surface area contributed by atoms with Crippen molar-refractivity contribution in [3.8, 4) is 0 Å². The molecule has 0 aliphatic carbocycles. The lowest BCUT2D eigenvalue weighted by molar-refractivity contribution is 0.615. The predicted octanol–water partition coefficient (Wildman–Crippen LogP) is 4.13. The second-order valence-electron chi connectivity index (χ2n) is 4.97. The Kier molecular flexibility index (Phi) is 7.75. The summed E-state index contributed by atoms with van der Waals surface area (Å²) in [5.41, 5.74) is 4.61. The highest BCUT2D eigenvalue weighted by Gasteiger charge is 2.02. The number of hydrogen-bond donors (Lipinski definition) is 1. The molecule has 1 rings (SSSR count). The molecular formula is C17H29N. The Bertz CT molecular complexity index is 330. The van der Waals surface area contributed by atoms with Crippen LogP contribution >= 0.6 is 0 Å². The summed E-state index contributed by atoms with van der Waals surface area (Å²) in [7, 11) is 0. The van der Waals surface area contributed by atoms with Crippen LogP contribution in [-0.2, 0) is 19.3 Å². The van der Waals surface area contributed by atoms with E-state index in [9.17, 15) is 0 Å². The lowest BCUT2D eigenvalue weighted by Gasteiger charge is -2.10. The summed E-state index contributed by atoms with van der Waals surface area (Å²) in [6, 6.07) is 7.03. The molecule has 0 heterocycles. The van der Waals surface area contributed by atoms with E-state index in [-0.39, 0.29) is 0 Å². The average Bonchev–Trinajstić information content (AvgIpc) is 2.42. The zero-order chi connectivity index (χ0) is 13.2. The maximum atomic E-state index is 3.39. The number of hydrogen-bond acceptors (Lipinski definition) is 1. The molecule has 102 valence electrons. The van der Waals surface area contributed by atoms with E-state index >= 15 is 0 Å². The van der Waals surface area contributed by atoms with Gasteiger partial charge in [-0.15, -0.1) is 0 Å². The van der Waals surface area contributed by atoms with Gasteiger partial charge in [-0.05, 0) is 61.9 Å². The Labute approximate surface area is 113 Å². The molecule has 0 unspecified atom stereocenters. The first-order valence-corrected chi connectivity index (χ1v) is 7.63. The van der Waals surface area contributed by atoms with Gasteiger partial charge in [0.15, 0.2) is 0 Å². The van der Waals surface area contributed by atoms with Crippen molar-refractivity contribution < 1.29 is 0 Å². The maximum absolute atomic E-state index is 3.39. The molecule has 0 fully saturated rings. The molecule has 0 amide bonds. The van der Waals surface area contributed by atoms with Crippen LogP contribution in [0.15, 0.2) is 18.2 Å². The molecule has 0 atom stereocenters. The van der Waals surface area contributed by atoms with E-state index in [1.807, 2.05) is 0 Å². The summed E-state index contributed by atoms with van der Waals surface area (Å²) in [5, 5.41) is 3.39. The normalized spacial score (nSPS) is 10.8. The highest BCUT2D eigenvalue weighted by molar-refractivity contribution is 5.32. The molecule has 0 aliphatic rings. The topological polar surface area (TPSA) is 12.0 Å². The van der Waals surface area contributed by atoms with Crippen molar-refractivity contribution in [2.75, 3.05) is 13.1 Å². The van der Waals surface area contributed by atoms with Crippen molar-refractivity contribution >= 4 is 0 Å². The van der Waals surface area contributed by atoms with Gasteiger partial charge in [-0.3, -0.25) is 0 Å². The van der Waals surface area contributed by atoms with Crippen molar-refractivity contribution in [3.63, 3.8) is 0 Å². The van der Waals surface area contributed by atoms with E-state index in [0.717, 1.165) is 19.4 Å². The van der Waals surface area contributed by atoms with Crippen molar-refractivity contribution in [2.45, 2.75) is 59.3 Å². The van der Waals surface area contributed by atoms with Gasteiger partial charge in [-0.2, -0.15) is 0 Å². The molecule has 0 saturated carbocycles. The Morgan fingerprint density at radius 3 is 2.39 bits per heavy atom. The van der Waals surface area contributed by atoms with Crippen LogP contribution in [0, 0.1) is 0 Å². The number of nitrogens with one attached hydrogen (secondary N) is 1. The molecule has 1 N–H and O–H groups in total. The molecule has 0 aromatic heterocycles. The molecule has 0 aliphatic heterocycles. The minimum Gasteiger partial charge on any atom is -0.317 e. The van der Waals surface area contributed by atoms with Crippen LogP contribution in [0.1, 0.15) is 56.7 Å². The monoisotopic (exact) mass is 247 g/mol. The first-order chi connectivity index (χ1) is 8.81. The second kappa shape index (κ2) is 9.16. The molecule has 1 aromatic rings. The highest BCUT2D eigenvalue weighted by Crippen LogP contribution is 2.16. The van der Waals surface area contributed by atoms with Crippen LogP contribution in [0.25, 0.3) is 0 Å². The molecule has 0 saturated heterocycles. The molecule has 18 heavy (non-hydrogen) atoms. The maximum Gasteiger partial charge on any atom is -0.00490 e. The molecule has 0 bridgehead atoms. The summed E-state index contributed by atoms with van der Waals surface area (Å²) in [5.74, 6) is 0. The van der Waals surface area contributed by atoms with Gasteiger partial charge >= 0.3 is 0 Å².